The molecule has 0 aromatic carbocycles. The molecule has 0 saturated heterocycles. The lowest BCUT2D eigenvalue weighted by Crippen LogP contribution is -2.31. The third-order valence-electron chi connectivity index (χ3n) is 1.49. The van der Waals surface area contributed by atoms with Gasteiger partial charge >= 0.3 is 0 Å². The van der Waals surface area contributed by atoms with Crippen LogP contribution >= 0.6 is 0 Å². The number of hydrogen-bond acceptors (Lipinski definition) is 2. The monoisotopic (exact) mass is 128 g/mol. The Balaban J connectivity index is 2.54. The molecule has 3 atom stereocenters. The molecule has 1 aliphatic rings. The first kappa shape index (κ1) is 6.78. The standard InChI is InChI=1S/C7H12O2/c1-5-3-4-7(8)6(2)9-5/h3-8H,1-2H3/t5?,6-,7?/m1/s1. The quantitative estimate of drug-likeness (QED) is 0.487. The molecule has 0 amide bonds. The van der Waals surface area contributed by atoms with Crippen molar-refractivity contribution in [2.45, 2.75) is 32.2 Å². The zero-order valence-corrected chi connectivity index (χ0v) is 5.74. The molecule has 1 rings (SSSR count). The molecule has 0 aromatic heterocycles. The van der Waals surface area contributed by atoms with Gasteiger partial charge in [-0.15, -0.1) is 0 Å². The molecular formula is C7H12O2. The molecule has 0 fully saturated rings. The first-order valence-electron chi connectivity index (χ1n) is 3.22. The van der Waals surface area contributed by atoms with Crippen molar-refractivity contribution in [3.05, 3.63) is 12.2 Å². The average molecular weight is 128 g/mol. The van der Waals surface area contributed by atoms with Crippen molar-refractivity contribution in [2.75, 3.05) is 0 Å². The summed E-state index contributed by atoms with van der Waals surface area (Å²) in [6, 6.07) is 0. The highest BCUT2D eigenvalue weighted by molar-refractivity contribution is 4.99. The van der Waals surface area contributed by atoms with Crippen LogP contribution in [0.5, 0.6) is 0 Å². The van der Waals surface area contributed by atoms with E-state index in [4.69, 9.17) is 9.84 Å². The maximum atomic E-state index is 9.08. The van der Waals surface area contributed by atoms with E-state index < -0.39 is 6.10 Å². The fourth-order valence-electron chi connectivity index (χ4n) is 0.891. The summed E-state index contributed by atoms with van der Waals surface area (Å²) in [7, 11) is 0. The lowest BCUT2D eigenvalue weighted by atomic mass is 10.1. The number of hydrogen-bond donors (Lipinski definition) is 1. The van der Waals surface area contributed by atoms with E-state index in [9.17, 15) is 0 Å². The Morgan fingerprint density at radius 2 is 2.00 bits per heavy atom. The maximum absolute atomic E-state index is 9.08. The first-order chi connectivity index (χ1) is 4.20. The number of ether oxygens (including phenoxy) is 1. The lowest BCUT2D eigenvalue weighted by Gasteiger charge is -2.24. The van der Waals surface area contributed by atoms with Crippen LogP contribution in [-0.2, 0) is 4.74 Å². The van der Waals surface area contributed by atoms with Crippen LogP contribution in [0.3, 0.4) is 0 Å². The highest BCUT2D eigenvalue weighted by atomic mass is 16.5. The van der Waals surface area contributed by atoms with Crippen molar-refractivity contribution < 1.29 is 9.84 Å². The highest BCUT2D eigenvalue weighted by Gasteiger charge is 2.17. The van der Waals surface area contributed by atoms with Gasteiger partial charge in [-0.05, 0) is 13.8 Å². The van der Waals surface area contributed by atoms with Gasteiger partial charge < -0.3 is 9.84 Å². The molecule has 2 unspecified atom stereocenters. The smallest absolute Gasteiger partial charge is 0.0981 e. The van der Waals surface area contributed by atoms with E-state index in [1.54, 1.807) is 6.08 Å². The Labute approximate surface area is 55.1 Å². The summed E-state index contributed by atoms with van der Waals surface area (Å²) >= 11 is 0. The molecule has 1 aliphatic heterocycles. The Kier molecular flexibility index (Phi) is 1.88. The van der Waals surface area contributed by atoms with Crippen LogP contribution in [0, 0.1) is 0 Å². The van der Waals surface area contributed by atoms with E-state index in [2.05, 4.69) is 0 Å². The molecule has 1 N–H and O–H groups in total. The predicted molar refractivity (Wildman–Crippen MR) is 35.2 cm³/mol. The molecule has 52 valence electrons. The fourth-order valence-corrected chi connectivity index (χ4v) is 0.891. The first-order valence-corrected chi connectivity index (χ1v) is 3.22. The van der Waals surface area contributed by atoms with Gasteiger partial charge in [-0.3, -0.25) is 0 Å². The van der Waals surface area contributed by atoms with Crippen LogP contribution in [0.15, 0.2) is 12.2 Å². The fraction of sp³-hybridized carbons (Fsp3) is 0.714. The SMILES string of the molecule is CC1C=CC(O)[C@@H](C)O1. The largest absolute Gasteiger partial charge is 0.386 e. The van der Waals surface area contributed by atoms with Gasteiger partial charge in [-0.25, -0.2) is 0 Å². The van der Waals surface area contributed by atoms with Crippen LogP contribution in [0.2, 0.25) is 0 Å². The summed E-state index contributed by atoms with van der Waals surface area (Å²) in [5.41, 5.74) is 0. The van der Waals surface area contributed by atoms with Gasteiger partial charge in [-0.1, -0.05) is 12.2 Å². The van der Waals surface area contributed by atoms with E-state index in [1.807, 2.05) is 19.9 Å². The van der Waals surface area contributed by atoms with Crippen LogP contribution < -0.4 is 0 Å². The number of rotatable bonds is 0. The summed E-state index contributed by atoms with van der Waals surface area (Å²) in [4.78, 5) is 0. The van der Waals surface area contributed by atoms with Gasteiger partial charge in [0.05, 0.1) is 18.3 Å². The maximum Gasteiger partial charge on any atom is 0.0981 e. The predicted octanol–water partition coefficient (Wildman–Crippen LogP) is 0.711. The Bertz CT molecular complexity index is 120. The summed E-state index contributed by atoms with van der Waals surface area (Å²) in [6.45, 7) is 3.82. The minimum absolute atomic E-state index is 0.0509. The van der Waals surface area contributed by atoms with E-state index in [-0.39, 0.29) is 12.2 Å². The Hall–Kier alpha value is -0.340. The lowest BCUT2D eigenvalue weighted by molar-refractivity contribution is -0.0388. The van der Waals surface area contributed by atoms with Crippen LogP contribution in [0.25, 0.3) is 0 Å². The molecule has 2 nitrogen and oxygen atoms in total. The van der Waals surface area contributed by atoms with E-state index in [0.717, 1.165) is 0 Å². The van der Waals surface area contributed by atoms with Crippen molar-refractivity contribution in [3.63, 3.8) is 0 Å². The van der Waals surface area contributed by atoms with Crippen LogP contribution in [0.1, 0.15) is 13.8 Å². The molecule has 0 saturated carbocycles. The van der Waals surface area contributed by atoms with E-state index in [1.165, 1.54) is 0 Å². The Morgan fingerprint density at radius 1 is 1.33 bits per heavy atom. The molecule has 1 heterocycles. The minimum Gasteiger partial charge on any atom is -0.386 e. The molecule has 9 heavy (non-hydrogen) atoms. The molecule has 0 aromatic rings. The van der Waals surface area contributed by atoms with Gasteiger partial charge in [0, 0.05) is 0 Å². The van der Waals surface area contributed by atoms with Crippen molar-refractivity contribution in [2.24, 2.45) is 0 Å². The van der Waals surface area contributed by atoms with Crippen molar-refractivity contribution in [3.8, 4) is 0 Å². The van der Waals surface area contributed by atoms with Gasteiger partial charge in [0.1, 0.15) is 0 Å². The average Bonchev–Trinajstić information content (AvgIpc) is 1.80. The zero-order chi connectivity index (χ0) is 6.85. The van der Waals surface area contributed by atoms with Gasteiger partial charge in [0.2, 0.25) is 0 Å². The number of aliphatic hydroxyl groups is 1. The van der Waals surface area contributed by atoms with Gasteiger partial charge in [-0.2, -0.15) is 0 Å². The molecule has 0 aliphatic carbocycles. The van der Waals surface area contributed by atoms with Gasteiger partial charge in [0.15, 0.2) is 0 Å². The summed E-state index contributed by atoms with van der Waals surface area (Å²) in [6.07, 6.45) is 3.33. The molecule has 0 radical (unpaired) electrons. The minimum atomic E-state index is -0.416. The second kappa shape index (κ2) is 2.50. The third kappa shape index (κ3) is 1.53. The summed E-state index contributed by atoms with van der Waals surface area (Å²) < 4.78 is 5.26. The summed E-state index contributed by atoms with van der Waals surface area (Å²) in [5.74, 6) is 0. The molecule has 0 bridgehead atoms. The topological polar surface area (TPSA) is 29.5 Å². The molecule has 2 heteroatoms. The second-order valence-corrected chi connectivity index (χ2v) is 2.42. The highest BCUT2D eigenvalue weighted by Crippen LogP contribution is 2.10. The Morgan fingerprint density at radius 3 is 2.44 bits per heavy atom. The second-order valence-electron chi connectivity index (χ2n) is 2.42. The number of aliphatic hydroxyl groups excluding tert-OH is 1. The van der Waals surface area contributed by atoms with Crippen molar-refractivity contribution >= 4 is 0 Å². The van der Waals surface area contributed by atoms with Crippen molar-refractivity contribution in [1.82, 2.24) is 0 Å². The molecule has 0 spiro atoms. The normalized spacial score (nSPS) is 43.2. The zero-order valence-electron chi connectivity index (χ0n) is 5.74. The van der Waals surface area contributed by atoms with Crippen LogP contribution in [0.4, 0.5) is 0 Å². The van der Waals surface area contributed by atoms with E-state index in [0.29, 0.717) is 0 Å². The summed E-state index contributed by atoms with van der Waals surface area (Å²) in [5, 5.41) is 9.08. The third-order valence-corrected chi connectivity index (χ3v) is 1.49. The van der Waals surface area contributed by atoms with Crippen molar-refractivity contribution in [1.29, 1.82) is 0 Å². The molecular weight excluding hydrogens is 116 g/mol. The van der Waals surface area contributed by atoms with E-state index >= 15 is 0 Å². The van der Waals surface area contributed by atoms with Crippen LogP contribution in [-0.4, -0.2) is 23.4 Å². The van der Waals surface area contributed by atoms with Gasteiger partial charge in [0.25, 0.3) is 0 Å².